The molecular weight excluding hydrogens is 286 g/mol. The fraction of sp³-hybridized carbons (Fsp3) is 0.188. The van der Waals surface area contributed by atoms with Crippen molar-refractivity contribution in [2.24, 2.45) is 0 Å². The maximum absolute atomic E-state index is 11.5. The standard InChI is InChI=1S/C16H17NO3S/c1-21(19,20)15-9-7-14(8-10-15)16(17-12-18)11-13-5-3-2-4-6-13/h2-10,12,16H,11H2,1H3,(H,17,18). The molecule has 0 saturated carbocycles. The van der Waals surface area contributed by atoms with Crippen LogP contribution in [0.4, 0.5) is 0 Å². The van der Waals surface area contributed by atoms with Gasteiger partial charge >= 0.3 is 0 Å². The van der Waals surface area contributed by atoms with Crippen LogP contribution < -0.4 is 5.32 Å². The van der Waals surface area contributed by atoms with Gasteiger partial charge in [-0.05, 0) is 29.7 Å². The normalized spacial score (nSPS) is 12.6. The van der Waals surface area contributed by atoms with E-state index in [0.717, 1.165) is 11.1 Å². The molecule has 0 saturated heterocycles. The minimum Gasteiger partial charge on any atom is -0.352 e. The number of carbonyl (C=O) groups is 1. The fourth-order valence-corrected chi connectivity index (χ4v) is 2.78. The third kappa shape index (κ3) is 4.16. The number of hydrogen-bond donors (Lipinski definition) is 1. The summed E-state index contributed by atoms with van der Waals surface area (Å²) in [6.45, 7) is 0. The van der Waals surface area contributed by atoms with Crippen LogP contribution in [0.3, 0.4) is 0 Å². The zero-order chi connectivity index (χ0) is 15.3. The molecule has 0 radical (unpaired) electrons. The molecule has 0 aliphatic rings. The fourth-order valence-electron chi connectivity index (χ4n) is 2.15. The Hall–Kier alpha value is -2.14. The molecular formula is C16H17NO3S. The predicted octanol–water partition coefficient (Wildman–Crippen LogP) is 2.12. The van der Waals surface area contributed by atoms with Gasteiger partial charge in [0.2, 0.25) is 6.41 Å². The van der Waals surface area contributed by atoms with Crippen molar-refractivity contribution in [3.63, 3.8) is 0 Å². The van der Waals surface area contributed by atoms with E-state index < -0.39 is 9.84 Å². The molecule has 110 valence electrons. The van der Waals surface area contributed by atoms with Crippen LogP contribution >= 0.6 is 0 Å². The number of rotatable bonds is 6. The van der Waals surface area contributed by atoms with Gasteiger partial charge in [-0.25, -0.2) is 8.42 Å². The van der Waals surface area contributed by atoms with E-state index in [2.05, 4.69) is 5.32 Å². The van der Waals surface area contributed by atoms with Crippen LogP contribution in [0, 0.1) is 0 Å². The number of carbonyl (C=O) groups excluding carboxylic acids is 1. The number of nitrogens with one attached hydrogen (secondary N) is 1. The topological polar surface area (TPSA) is 63.2 Å². The molecule has 2 rings (SSSR count). The maximum Gasteiger partial charge on any atom is 0.207 e. The molecule has 1 amide bonds. The van der Waals surface area contributed by atoms with Crippen LogP contribution in [0.5, 0.6) is 0 Å². The minimum atomic E-state index is -3.21. The van der Waals surface area contributed by atoms with E-state index >= 15 is 0 Å². The molecule has 4 nitrogen and oxygen atoms in total. The van der Waals surface area contributed by atoms with Gasteiger partial charge in [-0.2, -0.15) is 0 Å². The van der Waals surface area contributed by atoms with E-state index in [1.54, 1.807) is 24.3 Å². The van der Waals surface area contributed by atoms with E-state index in [-0.39, 0.29) is 10.9 Å². The van der Waals surface area contributed by atoms with Crippen LogP contribution in [-0.4, -0.2) is 21.1 Å². The Kier molecular flexibility index (Phi) is 4.75. The lowest BCUT2D eigenvalue weighted by Gasteiger charge is -2.17. The summed E-state index contributed by atoms with van der Waals surface area (Å²) < 4.78 is 22.9. The molecule has 1 atom stereocenters. The molecule has 1 N–H and O–H groups in total. The van der Waals surface area contributed by atoms with E-state index in [0.29, 0.717) is 12.8 Å². The van der Waals surface area contributed by atoms with Gasteiger partial charge in [0.15, 0.2) is 9.84 Å². The molecule has 0 aromatic heterocycles. The Morgan fingerprint density at radius 3 is 2.19 bits per heavy atom. The van der Waals surface area contributed by atoms with Crippen molar-refractivity contribution in [1.29, 1.82) is 0 Å². The number of amides is 1. The molecule has 2 aromatic carbocycles. The van der Waals surface area contributed by atoms with Gasteiger partial charge in [-0.3, -0.25) is 4.79 Å². The lowest BCUT2D eigenvalue weighted by molar-refractivity contribution is -0.110. The van der Waals surface area contributed by atoms with Crippen molar-refractivity contribution in [3.05, 3.63) is 65.7 Å². The first kappa shape index (κ1) is 15.3. The zero-order valence-electron chi connectivity index (χ0n) is 11.7. The Labute approximate surface area is 124 Å². The summed E-state index contributed by atoms with van der Waals surface area (Å²) >= 11 is 0. The Morgan fingerprint density at radius 1 is 1.05 bits per heavy atom. The molecule has 0 aliphatic carbocycles. The highest BCUT2D eigenvalue weighted by Gasteiger charge is 2.13. The van der Waals surface area contributed by atoms with Crippen molar-refractivity contribution < 1.29 is 13.2 Å². The Morgan fingerprint density at radius 2 is 1.67 bits per heavy atom. The average Bonchev–Trinajstić information content (AvgIpc) is 2.47. The first-order valence-corrected chi connectivity index (χ1v) is 8.43. The van der Waals surface area contributed by atoms with Crippen molar-refractivity contribution in [2.45, 2.75) is 17.4 Å². The number of benzene rings is 2. The van der Waals surface area contributed by atoms with Crippen LogP contribution in [0.2, 0.25) is 0 Å². The summed E-state index contributed by atoms with van der Waals surface area (Å²) in [5.74, 6) is 0. The minimum absolute atomic E-state index is 0.182. The van der Waals surface area contributed by atoms with E-state index in [9.17, 15) is 13.2 Å². The van der Waals surface area contributed by atoms with Crippen molar-refractivity contribution >= 4 is 16.2 Å². The van der Waals surface area contributed by atoms with Gasteiger partial charge in [0, 0.05) is 6.26 Å². The van der Waals surface area contributed by atoms with Crippen LogP contribution in [-0.2, 0) is 21.1 Å². The molecule has 1 unspecified atom stereocenters. The second-order valence-electron chi connectivity index (χ2n) is 4.87. The average molecular weight is 303 g/mol. The number of sulfone groups is 1. The van der Waals surface area contributed by atoms with Gasteiger partial charge in [-0.15, -0.1) is 0 Å². The number of hydrogen-bond acceptors (Lipinski definition) is 3. The second-order valence-corrected chi connectivity index (χ2v) is 6.88. The largest absolute Gasteiger partial charge is 0.352 e. The van der Waals surface area contributed by atoms with Gasteiger partial charge in [0.05, 0.1) is 10.9 Å². The second kappa shape index (κ2) is 6.54. The van der Waals surface area contributed by atoms with Gasteiger partial charge in [0.1, 0.15) is 0 Å². The summed E-state index contributed by atoms with van der Waals surface area (Å²) in [5, 5.41) is 2.78. The van der Waals surface area contributed by atoms with Crippen LogP contribution in [0.25, 0.3) is 0 Å². The van der Waals surface area contributed by atoms with Crippen LogP contribution in [0.1, 0.15) is 17.2 Å². The summed E-state index contributed by atoms with van der Waals surface area (Å²) in [5.41, 5.74) is 1.97. The highest BCUT2D eigenvalue weighted by molar-refractivity contribution is 7.90. The lowest BCUT2D eigenvalue weighted by atomic mass is 9.99. The van der Waals surface area contributed by atoms with E-state index in [1.165, 1.54) is 6.26 Å². The summed E-state index contributed by atoms with van der Waals surface area (Å²) in [6.07, 6.45) is 2.49. The molecule has 0 spiro atoms. The molecule has 0 bridgehead atoms. The Balaban J connectivity index is 2.24. The van der Waals surface area contributed by atoms with Gasteiger partial charge in [0.25, 0.3) is 0 Å². The SMILES string of the molecule is CS(=O)(=O)c1ccc(C(Cc2ccccc2)NC=O)cc1. The third-order valence-corrected chi connectivity index (χ3v) is 4.39. The van der Waals surface area contributed by atoms with Crippen LogP contribution in [0.15, 0.2) is 59.5 Å². The highest BCUT2D eigenvalue weighted by Crippen LogP contribution is 2.20. The third-order valence-electron chi connectivity index (χ3n) is 3.26. The molecule has 0 heterocycles. The lowest BCUT2D eigenvalue weighted by Crippen LogP contribution is -2.21. The molecule has 5 heteroatoms. The van der Waals surface area contributed by atoms with Crippen molar-refractivity contribution in [3.8, 4) is 0 Å². The molecule has 0 aliphatic heterocycles. The molecule has 0 fully saturated rings. The zero-order valence-corrected chi connectivity index (χ0v) is 12.5. The first-order valence-electron chi connectivity index (χ1n) is 6.54. The van der Waals surface area contributed by atoms with Crippen molar-refractivity contribution in [1.82, 2.24) is 5.32 Å². The quantitative estimate of drug-likeness (QED) is 0.831. The smallest absolute Gasteiger partial charge is 0.207 e. The van der Waals surface area contributed by atoms with E-state index in [4.69, 9.17) is 0 Å². The first-order chi connectivity index (χ1) is 10.0. The van der Waals surface area contributed by atoms with E-state index in [1.807, 2.05) is 30.3 Å². The summed E-state index contributed by atoms with van der Waals surface area (Å²) in [6, 6.07) is 16.2. The van der Waals surface area contributed by atoms with Gasteiger partial charge in [-0.1, -0.05) is 42.5 Å². The summed E-state index contributed by atoms with van der Waals surface area (Å²) in [4.78, 5) is 11.1. The highest BCUT2D eigenvalue weighted by atomic mass is 32.2. The monoisotopic (exact) mass is 303 g/mol. The molecule has 2 aromatic rings. The predicted molar refractivity (Wildman–Crippen MR) is 81.6 cm³/mol. The van der Waals surface area contributed by atoms with Gasteiger partial charge < -0.3 is 5.32 Å². The Bertz CT molecular complexity index is 694. The van der Waals surface area contributed by atoms with Crippen molar-refractivity contribution in [2.75, 3.05) is 6.26 Å². The molecule has 21 heavy (non-hydrogen) atoms. The summed E-state index contributed by atoms with van der Waals surface area (Å²) in [7, 11) is -3.21. The maximum atomic E-state index is 11.5.